The molecule has 0 aliphatic heterocycles. The molecule has 3 nitrogen and oxygen atoms in total. The van der Waals surface area contributed by atoms with Crippen molar-refractivity contribution in [1.82, 2.24) is 9.55 Å². The predicted octanol–water partition coefficient (Wildman–Crippen LogP) is 3.83. The highest BCUT2D eigenvalue weighted by atomic mass is 28.3. The molecule has 3 aromatic rings. The Morgan fingerprint density at radius 1 is 1.09 bits per heavy atom. The molecule has 2 heterocycles. The topological polar surface area (TPSA) is 34.9 Å². The second-order valence-corrected chi connectivity index (χ2v) is 12.1. The second-order valence-electron chi connectivity index (χ2n) is 7.05. The van der Waals surface area contributed by atoms with Gasteiger partial charge in [0.1, 0.15) is 0 Å². The standard InChI is InChI=1S/C19H22N2OSi/c1-14(22)18-11-16-5-6-17(23(2,3)4)12-19(16)21(18)13-15-7-9-20-10-8-15/h5-12H,13H2,1-4H3. The van der Waals surface area contributed by atoms with E-state index >= 15 is 0 Å². The van der Waals surface area contributed by atoms with E-state index in [-0.39, 0.29) is 5.78 Å². The summed E-state index contributed by atoms with van der Waals surface area (Å²) in [5, 5.41) is 2.54. The van der Waals surface area contributed by atoms with E-state index in [2.05, 4.69) is 47.4 Å². The molecule has 0 saturated heterocycles. The fraction of sp³-hybridized carbons (Fsp3) is 0.263. The van der Waals surface area contributed by atoms with Gasteiger partial charge in [0.05, 0.1) is 13.8 Å². The highest BCUT2D eigenvalue weighted by Gasteiger charge is 2.19. The normalized spacial score (nSPS) is 11.8. The molecule has 0 radical (unpaired) electrons. The lowest BCUT2D eigenvalue weighted by Gasteiger charge is -2.17. The summed E-state index contributed by atoms with van der Waals surface area (Å²) < 4.78 is 2.14. The van der Waals surface area contributed by atoms with Crippen LogP contribution in [0.1, 0.15) is 23.0 Å². The number of ketones is 1. The molecule has 0 atom stereocenters. The molecule has 0 fully saturated rings. The van der Waals surface area contributed by atoms with E-state index in [0.717, 1.165) is 22.2 Å². The molecule has 23 heavy (non-hydrogen) atoms. The average molecular weight is 322 g/mol. The molecule has 0 unspecified atom stereocenters. The van der Waals surface area contributed by atoms with E-state index in [4.69, 9.17) is 0 Å². The third-order valence-corrected chi connectivity index (χ3v) is 6.26. The minimum atomic E-state index is -1.39. The summed E-state index contributed by atoms with van der Waals surface area (Å²) in [4.78, 5) is 16.2. The average Bonchev–Trinajstić information content (AvgIpc) is 2.86. The zero-order chi connectivity index (χ0) is 16.6. The van der Waals surface area contributed by atoms with Crippen molar-refractivity contribution in [2.75, 3.05) is 0 Å². The maximum atomic E-state index is 12.1. The van der Waals surface area contributed by atoms with Gasteiger partial charge in [-0.1, -0.05) is 37.0 Å². The van der Waals surface area contributed by atoms with Crippen LogP contribution in [0.5, 0.6) is 0 Å². The van der Waals surface area contributed by atoms with Gasteiger partial charge in [-0.25, -0.2) is 0 Å². The Labute approximate surface area is 138 Å². The molecule has 0 N–H and O–H groups in total. The van der Waals surface area contributed by atoms with Crippen LogP contribution in [0.2, 0.25) is 19.6 Å². The molecule has 2 aromatic heterocycles. The van der Waals surface area contributed by atoms with Gasteiger partial charge in [0.15, 0.2) is 5.78 Å². The number of Topliss-reactive ketones (excluding diaryl/α,β-unsaturated/α-hetero) is 1. The van der Waals surface area contributed by atoms with Gasteiger partial charge in [-0.3, -0.25) is 9.78 Å². The highest BCUT2D eigenvalue weighted by molar-refractivity contribution is 6.88. The monoisotopic (exact) mass is 322 g/mol. The van der Waals surface area contributed by atoms with Crippen molar-refractivity contribution in [2.45, 2.75) is 33.1 Å². The lowest BCUT2D eigenvalue weighted by molar-refractivity contribution is 0.101. The number of hydrogen-bond donors (Lipinski definition) is 0. The highest BCUT2D eigenvalue weighted by Crippen LogP contribution is 2.22. The molecule has 0 aliphatic carbocycles. The molecule has 0 amide bonds. The van der Waals surface area contributed by atoms with Crippen molar-refractivity contribution < 1.29 is 4.79 Å². The van der Waals surface area contributed by atoms with Crippen LogP contribution in [-0.4, -0.2) is 23.4 Å². The minimum absolute atomic E-state index is 0.102. The van der Waals surface area contributed by atoms with Crippen LogP contribution < -0.4 is 5.19 Å². The molecule has 4 heteroatoms. The molecule has 0 saturated carbocycles. The van der Waals surface area contributed by atoms with Crippen LogP contribution in [-0.2, 0) is 6.54 Å². The first-order valence-electron chi connectivity index (χ1n) is 7.90. The van der Waals surface area contributed by atoms with Gasteiger partial charge < -0.3 is 4.57 Å². The van der Waals surface area contributed by atoms with Crippen LogP contribution in [0.4, 0.5) is 0 Å². The largest absolute Gasteiger partial charge is 0.334 e. The summed E-state index contributed by atoms with van der Waals surface area (Å²) in [5.41, 5.74) is 3.06. The fourth-order valence-corrected chi connectivity index (χ4v) is 4.01. The molecular formula is C19H22N2OSi. The van der Waals surface area contributed by atoms with Crippen molar-refractivity contribution in [3.8, 4) is 0 Å². The Morgan fingerprint density at radius 3 is 2.39 bits per heavy atom. The Morgan fingerprint density at radius 2 is 1.78 bits per heavy atom. The van der Waals surface area contributed by atoms with Gasteiger partial charge in [-0.15, -0.1) is 0 Å². The summed E-state index contributed by atoms with van der Waals surface area (Å²) >= 11 is 0. The number of carbonyl (C=O) groups is 1. The van der Waals surface area contributed by atoms with Gasteiger partial charge in [0.2, 0.25) is 0 Å². The summed E-state index contributed by atoms with van der Waals surface area (Å²) in [5.74, 6) is 0.102. The van der Waals surface area contributed by atoms with E-state index in [1.54, 1.807) is 19.3 Å². The lowest BCUT2D eigenvalue weighted by atomic mass is 10.2. The lowest BCUT2D eigenvalue weighted by Crippen LogP contribution is -2.37. The molecule has 0 bridgehead atoms. The van der Waals surface area contributed by atoms with Gasteiger partial charge in [0, 0.05) is 36.8 Å². The number of fused-ring (bicyclic) bond motifs is 1. The van der Waals surface area contributed by atoms with Crippen LogP contribution >= 0.6 is 0 Å². The summed E-state index contributed by atoms with van der Waals surface area (Å²) in [6.07, 6.45) is 3.59. The Balaban J connectivity index is 2.19. The summed E-state index contributed by atoms with van der Waals surface area (Å²) in [7, 11) is -1.39. The quantitative estimate of drug-likeness (QED) is 0.540. The number of pyridine rings is 1. The van der Waals surface area contributed by atoms with Crippen molar-refractivity contribution in [3.05, 3.63) is 60.0 Å². The summed E-state index contributed by atoms with van der Waals surface area (Å²) in [6.45, 7) is 9.36. The smallest absolute Gasteiger partial charge is 0.176 e. The first-order valence-corrected chi connectivity index (χ1v) is 11.4. The predicted molar refractivity (Wildman–Crippen MR) is 98.3 cm³/mol. The fourth-order valence-electron chi connectivity index (χ4n) is 2.85. The van der Waals surface area contributed by atoms with E-state index in [1.807, 2.05) is 18.2 Å². The Kier molecular flexibility index (Phi) is 3.94. The third-order valence-electron chi connectivity index (χ3n) is 4.22. The van der Waals surface area contributed by atoms with E-state index in [1.165, 1.54) is 5.19 Å². The first-order chi connectivity index (χ1) is 10.9. The zero-order valence-electron chi connectivity index (χ0n) is 14.1. The van der Waals surface area contributed by atoms with Crippen LogP contribution in [0.25, 0.3) is 10.9 Å². The molecule has 1 aromatic carbocycles. The maximum Gasteiger partial charge on any atom is 0.176 e. The number of benzene rings is 1. The number of nitrogens with zero attached hydrogens (tertiary/aromatic N) is 2. The molecule has 0 aliphatic rings. The van der Waals surface area contributed by atoms with Gasteiger partial charge >= 0.3 is 0 Å². The van der Waals surface area contributed by atoms with Gasteiger partial charge in [0.25, 0.3) is 0 Å². The van der Waals surface area contributed by atoms with E-state index in [0.29, 0.717) is 6.54 Å². The Bertz CT molecular complexity index is 860. The maximum absolute atomic E-state index is 12.1. The molecule has 0 spiro atoms. The second kappa shape index (κ2) is 5.78. The van der Waals surface area contributed by atoms with E-state index < -0.39 is 8.07 Å². The van der Waals surface area contributed by atoms with Crippen molar-refractivity contribution in [2.24, 2.45) is 0 Å². The van der Waals surface area contributed by atoms with Crippen LogP contribution in [0.3, 0.4) is 0 Å². The number of hydrogen-bond acceptors (Lipinski definition) is 2. The minimum Gasteiger partial charge on any atom is -0.334 e. The number of rotatable bonds is 4. The van der Waals surface area contributed by atoms with Gasteiger partial charge in [-0.2, -0.15) is 0 Å². The van der Waals surface area contributed by atoms with Crippen molar-refractivity contribution >= 4 is 29.9 Å². The first kappa shape index (κ1) is 15.7. The van der Waals surface area contributed by atoms with Crippen molar-refractivity contribution in [1.29, 1.82) is 0 Å². The van der Waals surface area contributed by atoms with Crippen molar-refractivity contribution in [3.63, 3.8) is 0 Å². The van der Waals surface area contributed by atoms with E-state index in [9.17, 15) is 4.79 Å². The SMILES string of the molecule is CC(=O)c1cc2ccc([Si](C)(C)C)cc2n1Cc1ccncc1. The third kappa shape index (κ3) is 3.12. The Hall–Kier alpha value is -2.20. The molecular weight excluding hydrogens is 300 g/mol. The molecule has 3 rings (SSSR count). The summed E-state index contributed by atoms with van der Waals surface area (Å²) in [6, 6.07) is 12.6. The zero-order valence-corrected chi connectivity index (χ0v) is 15.1. The number of aromatic nitrogens is 2. The molecule has 118 valence electrons. The van der Waals surface area contributed by atoms with Crippen LogP contribution in [0.15, 0.2) is 48.8 Å². The number of carbonyl (C=O) groups excluding carboxylic acids is 1. The van der Waals surface area contributed by atoms with Gasteiger partial charge in [-0.05, 0) is 29.8 Å². The van der Waals surface area contributed by atoms with Crippen LogP contribution in [0, 0.1) is 0 Å².